The molecular formula is C18H38N4O2. The van der Waals surface area contributed by atoms with Crippen molar-refractivity contribution in [2.24, 2.45) is 11.7 Å². The summed E-state index contributed by atoms with van der Waals surface area (Å²) in [5.74, 6) is 0.974. The molecule has 0 bridgehead atoms. The number of rotatable bonds is 7. The normalized spacial score (nSPS) is 18.8. The Balaban J connectivity index is 0. The zero-order chi connectivity index (χ0) is 18.5. The number of carbonyl (C=O) groups excluding carboxylic acids is 2. The number of hydrogen-bond acceptors (Lipinski definition) is 4. The molecule has 142 valence electrons. The highest BCUT2D eigenvalue weighted by Gasteiger charge is 2.23. The van der Waals surface area contributed by atoms with Gasteiger partial charge in [0.25, 0.3) is 0 Å². The summed E-state index contributed by atoms with van der Waals surface area (Å²) >= 11 is 0. The third kappa shape index (κ3) is 11.0. The smallest absolute Gasteiger partial charge is 0.314 e. The Morgan fingerprint density at radius 2 is 1.96 bits per heavy atom. The predicted octanol–water partition coefficient (Wildman–Crippen LogP) is 2.45. The fourth-order valence-electron chi connectivity index (χ4n) is 2.51. The van der Waals surface area contributed by atoms with Gasteiger partial charge in [-0.1, -0.05) is 6.92 Å². The quantitative estimate of drug-likeness (QED) is 0.550. The van der Waals surface area contributed by atoms with E-state index in [4.69, 9.17) is 5.73 Å². The van der Waals surface area contributed by atoms with Crippen LogP contribution < -0.4 is 11.1 Å². The molecular weight excluding hydrogens is 304 g/mol. The zero-order valence-corrected chi connectivity index (χ0v) is 16.1. The molecule has 1 atom stereocenters. The summed E-state index contributed by atoms with van der Waals surface area (Å²) in [7, 11) is 7.15. The standard InChI is InChI=1S/C15H28N2O.C3H8N2O.H2/c1-4-9-16-10-5-6-13-7-8-14(12-17(2)3)15(18)11-13;1-5(2)3(4)6;/h12-13,16H,4-11H2,1-3H3;1-2H3,(H2,4,6);1H/b14-12+;;/t13-;;/m0../s1. The molecule has 1 saturated carbocycles. The molecule has 1 rings (SSSR count). The van der Waals surface area contributed by atoms with Crippen molar-refractivity contribution in [2.75, 3.05) is 41.3 Å². The molecule has 0 spiro atoms. The molecule has 0 aliphatic heterocycles. The van der Waals surface area contributed by atoms with Gasteiger partial charge in [-0.25, -0.2) is 4.79 Å². The molecule has 1 fully saturated rings. The number of allylic oxidation sites excluding steroid dienone is 1. The lowest BCUT2D eigenvalue weighted by Gasteiger charge is -2.23. The lowest BCUT2D eigenvalue weighted by atomic mass is 9.82. The van der Waals surface area contributed by atoms with Crippen molar-refractivity contribution in [2.45, 2.75) is 45.4 Å². The van der Waals surface area contributed by atoms with Crippen LogP contribution in [0.4, 0.5) is 4.79 Å². The fraction of sp³-hybridized carbons (Fsp3) is 0.778. The maximum absolute atomic E-state index is 12.0. The Kier molecular flexibility index (Phi) is 12.0. The lowest BCUT2D eigenvalue weighted by molar-refractivity contribution is -0.117. The molecule has 1 aliphatic carbocycles. The molecule has 6 nitrogen and oxygen atoms in total. The summed E-state index contributed by atoms with van der Waals surface area (Å²) in [5, 5.41) is 3.42. The number of primary amides is 1. The van der Waals surface area contributed by atoms with Gasteiger partial charge in [-0.3, -0.25) is 4.79 Å². The van der Waals surface area contributed by atoms with Crippen molar-refractivity contribution in [3.05, 3.63) is 11.8 Å². The minimum absolute atomic E-state index is 0. The predicted molar refractivity (Wildman–Crippen MR) is 102 cm³/mol. The summed E-state index contributed by atoms with van der Waals surface area (Å²) in [5.41, 5.74) is 5.74. The van der Waals surface area contributed by atoms with Crippen molar-refractivity contribution in [3.63, 3.8) is 0 Å². The molecule has 6 heteroatoms. The minimum Gasteiger partial charge on any atom is -0.383 e. The van der Waals surface area contributed by atoms with E-state index in [2.05, 4.69) is 12.2 Å². The summed E-state index contributed by atoms with van der Waals surface area (Å²) < 4.78 is 0. The van der Waals surface area contributed by atoms with Crippen LogP contribution in [0.15, 0.2) is 11.8 Å². The van der Waals surface area contributed by atoms with Crippen LogP contribution in [0, 0.1) is 5.92 Å². The van der Waals surface area contributed by atoms with Gasteiger partial charge in [0, 0.05) is 47.8 Å². The van der Waals surface area contributed by atoms with Crippen molar-refractivity contribution in [1.29, 1.82) is 0 Å². The molecule has 0 heterocycles. The summed E-state index contributed by atoms with van der Waals surface area (Å²) in [6, 6.07) is -0.407. The third-order valence-electron chi connectivity index (χ3n) is 3.90. The van der Waals surface area contributed by atoms with Crippen LogP contribution in [0.2, 0.25) is 0 Å². The SMILES string of the molecule is CCCNCCC[C@H]1CC/C(=C\N(C)C)C(=O)C1.CN(C)C(N)=O.[HH]. The average Bonchev–Trinajstić information content (AvgIpc) is 2.50. The van der Waals surface area contributed by atoms with Gasteiger partial charge in [-0.05, 0) is 51.1 Å². The summed E-state index contributed by atoms with van der Waals surface area (Å²) in [6.07, 6.45) is 8.47. The Morgan fingerprint density at radius 3 is 2.42 bits per heavy atom. The van der Waals surface area contributed by atoms with E-state index in [1.807, 2.05) is 25.2 Å². The van der Waals surface area contributed by atoms with Crippen molar-refractivity contribution in [1.82, 2.24) is 15.1 Å². The molecule has 0 unspecified atom stereocenters. The lowest BCUT2D eigenvalue weighted by Crippen LogP contribution is -2.27. The van der Waals surface area contributed by atoms with E-state index in [0.29, 0.717) is 11.7 Å². The van der Waals surface area contributed by atoms with Gasteiger partial charge in [0.15, 0.2) is 5.78 Å². The van der Waals surface area contributed by atoms with E-state index >= 15 is 0 Å². The Bertz CT molecular complexity index is 412. The highest BCUT2D eigenvalue weighted by molar-refractivity contribution is 5.96. The second-order valence-electron chi connectivity index (χ2n) is 6.77. The highest BCUT2D eigenvalue weighted by Crippen LogP contribution is 2.28. The molecule has 2 amide bonds. The number of ketones is 1. The van der Waals surface area contributed by atoms with E-state index in [1.165, 1.54) is 30.6 Å². The first-order chi connectivity index (χ1) is 11.3. The minimum atomic E-state index is -0.407. The van der Waals surface area contributed by atoms with Gasteiger partial charge in [0.1, 0.15) is 0 Å². The number of amides is 2. The molecule has 0 radical (unpaired) electrons. The van der Waals surface area contributed by atoms with Crippen LogP contribution >= 0.6 is 0 Å². The van der Waals surface area contributed by atoms with Crippen LogP contribution in [0.25, 0.3) is 0 Å². The van der Waals surface area contributed by atoms with Crippen LogP contribution in [0.5, 0.6) is 0 Å². The monoisotopic (exact) mass is 342 g/mol. The van der Waals surface area contributed by atoms with E-state index in [0.717, 1.165) is 31.5 Å². The molecule has 24 heavy (non-hydrogen) atoms. The fourth-order valence-corrected chi connectivity index (χ4v) is 2.51. The van der Waals surface area contributed by atoms with Crippen LogP contribution in [0.1, 0.15) is 46.9 Å². The molecule has 0 saturated heterocycles. The molecule has 3 N–H and O–H groups in total. The highest BCUT2D eigenvalue weighted by atomic mass is 16.2. The molecule has 0 aromatic carbocycles. The van der Waals surface area contributed by atoms with E-state index < -0.39 is 6.03 Å². The van der Waals surface area contributed by atoms with Crippen molar-refractivity contribution >= 4 is 11.8 Å². The van der Waals surface area contributed by atoms with Gasteiger partial charge >= 0.3 is 6.03 Å². The van der Waals surface area contributed by atoms with E-state index in [-0.39, 0.29) is 1.43 Å². The maximum atomic E-state index is 12.0. The second-order valence-corrected chi connectivity index (χ2v) is 6.77. The first-order valence-electron chi connectivity index (χ1n) is 8.85. The first kappa shape index (κ1) is 22.4. The number of hydrogen-bond donors (Lipinski definition) is 2. The van der Waals surface area contributed by atoms with E-state index in [1.54, 1.807) is 14.1 Å². The van der Waals surface area contributed by atoms with Crippen molar-refractivity contribution < 1.29 is 11.0 Å². The summed E-state index contributed by atoms with van der Waals surface area (Å²) in [6.45, 7) is 4.39. The number of urea groups is 1. The number of nitrogens with one attached hydrogen (secondary N) is 1. The van der Waals surface area contributed by atoms with Gasteiger partial charge < -0.3 is 20.9 Å². The molecule has 0 aromatic heterocycles. The topological polar surface area (TPSA) is 78.7 Å². The van der Waals surface area contributed by atoms with Crippen LogP contribution in [-0.2, 0) is 4.79 Å². The van der Waals surface area contributed by atoms with Crippen molar-refractivity contribution in [3.8, 4) is 0 Å². The Morgan fingerprint density at radius 1 is 1.33 bits per heavy atom. The van der Waals surface area contributed by atoms with Crippen LogP contribution in [0.3, 0.4) is 0 Å². The number of Topliss-reactive ketones (excluding diaryl/α,β-unsaturated/α-hetero) is 1. The van der Waals surface area contributed by atoms with E-state index in [9.17, 15) is 9.59 Å². The zero-order valence-electron chi connectivity index (χ0n) is 16.1. The number of nitrogens with zero attached hydrogens (tertiary/aromatic N) is 2. The second kappa shape index (κ2) is 12.8. The maximum Gasteiger partial charge on any atom is 0.314 e. The number of nitrogens with two attached hydrogens (primary N) is 1. The number of carbonyl (C=O) groups is 2. The van der Waals surface area contributed by atoms with Gasteiger partial charge in [-0.15, -0.1) is 0 Å². The first-order valence-corrected chi connectivity index (χ1v) is 8.85. The van der Waals surface area contributed by atoms with Crippen LogP contribution in [-0.4, -0.2) is 62.9 Å². The average molecular weight is 343 g/mol. The largest absolute Gasteiger partial charge is 0.383 e. The van der Waals surface area contributed by atoms with Gasteiger partial charge in [-0.2, -0.15) is 0 Å². The third-order valence-corrected chi connectivity index (χ3v) is 3.90. The Labute approximate surface area is 148 Å². The van der Waals surface area contributed by atoms with Gasteiger partial charge in [0.05, 0.1) is 0 Å². The molecule has 1 aliphatic rings. The van der Waals surface area contributed by atoms with Gasteiger partial charge in [0.2, 0.25) is 0 Å². The summed E-state index contributed by atoms with van der Waals surface area (Å²) in [4.78, 5) is 25.1. The Hall–Kier alpha value is -1.56. The molecule has 0 aromatic rings.